The van der Waals surface area contributed by atoms with Gasteiger partial charge in [0.1, 0.15) is 6.07 Å². The van der Waals surface area contributed by atoms with Crippen LogP contribution in [0, 0.1) is 28.8 Å². The van der Waals surface area contributed by atoms with E-state index in [1.807, 2.05) is 6.07 Å². The average molecular weight is 411 g/mol. The van der Waals surface area contributed by atoms with Crippen LogP contribution in [0.1, 0.15) is 5.56 Å². The molecule has 0 aliphatic rings. The topological polar surface area (TPSA) is 85.2 Å². The fourth-order valence-corrected chi connectivity index (χ4v) is 2.47. The highest BCUT2D eigenvalue weighted by atomic mass is 35.5. The van der Waals surface area contributed by atoms with Gasteiger partial charge in [0.2, 0.25) is 11.8 Å². The van der Waals surface area contributed by atoms with E-state index in [-0.39, 0.29) is 23.7 Å². The van der Waals surface area contributed by atoms with Gasteiger partial charge in [-0.05, 0) is 37.4 Å². The normalized spacial score (nSPS) is 10.5. The molecule has 0 spiro atoms. The van der Waals surface area contributed by atoms with Crippen molar-refractivity contribution in [3.8, 4) is 6.07 Å². The summed E-state index contributed by atoms with van der Waals surface area (Å²) in [6.45, 7) is -0.495. The fourth-order valence-electron chi connectivity index (χ4n) is 2.24. The minimum absolute atomic E-state index is 0.182. The van der Waals surface area contributed by atoms with Crippen LogP contribution in [0.5, 0.6) is 0 Å². The Bertz CT molecular complexity index is 963. The van der Waals surface area contributed by atoms with Crippen LogP contribution in [0.15, 0.2) is 30.3 Å². The molecular formula is C18H14ClF3N4O2. The average Bonchev–Trinajstić information content (AvgIpc) is 2.62. The van der Waals surface area contributed by atoms with Gasteiger partial charge in [-0.15, -0.1) is 0 Å². The summed E-state index contributed by atoms with van der Waals surface area (Å²) >= 11 is 5.88. The second-order valence-electron chi connectivity index (χ2n) is 5.80. The predicted molar refractivity (Wildman–Crippen MR) is 97.2 cm³/mol. The lowest BCUT2D eigenvalue weighted by Gasteiger charge is -2.16. The molecule has 2 N–H and O–H groups in total. The SMILES string of the molecule is CN(CC(=O)Nc1ccc(C#N)c(Cl)c1)CC(=O)Nc1ccc(F)c(F)c1F. The molecule has 0 fully saturated rings. The summed E-state index contributed by atoms with van der Waals surface area (Å²) in [5.41, 5.74) is 0.127. The maximum absolute atomic E-state index is 13.6. The summed E-state index contributed by atoms with van der Waals surface area (Å²) < 4.78 is 39.6. The van der Waals surface area contributed by atoms with Crippen LogP contribution in [0.2, 0.25) is 5.02 Å². The van der Waals surface area contributed by atoms with E-state index in [0.717, 1.165) is 6.07 Å². The Morgan fingerprint density at radius 1 is 1.07 bits per heavy atom. The molecule has 146 valence electrons. The molecule has 2 aromatic carbocycles. The van der Waals surface area contributed by atoms with Crippen molar-refractivity contribution in [3.63, 3.8) is 0 Å². The van der Waals surface area contributed by atoms with Crippen LogP contribution in [0.4, 0.5) is 24.5 Å². The molecule has 10 heteroatoms. The van der Waals surface area contributed by atoms with Gasteiger partial charge < -0.3 is 10.6 Å². The van der Waals surface area contributed by atoms with Crippen molar-refractivity contribution in [2.75, 3.05) is 30.8 Å². The number of nitriles is 1. The third-order valence-corrected chi connectivity index (χ3v) is 3.82. The van der Waals surface area contributed by atoms with Crippen molar-refractivity contribution in [1.29, 1.82) is 5.26 Å². The van der Waals surface area contributed by atoms with E-state index in [1.165, 1.54) is 30.1 Å². The molecule has 0 aromatic heterocycles. The summed E-state index contributed by atoms with van der Waals surface area (Å²) in [5, 5.41) is 13.7. The van der Waals surface area contributed by atoms with Crippen LogP contribution >= 0.6 is 11.6 Å². The number of hydrogen-bond acceptors (Lipinski definition) is 4. The van der Waals surface area contributed by atoms with Gasteiger partial charge in [-0.3, -0.25) is 14.5 Å². The molecule has 0 saturated carbocycles. The van der Waals surface area contributed by atoms with Gasteiger partial charge in [0, 0.05) is 5.69 Å². The zero-order valence-electron chi connectivity index (χ0n) is 14.5. The second-order valence-corrected chi connectivity index (χ2v) is 6.21. The Labute approximate surface area is 163 Å². The molecule has 0 atom stereocenters. The number of carbonyl (C=O) groups excluding carboxylic acids is 2. The maximum Gasteiger partial charge on any atom is 0.238 e. The van der Waals surface area contributed by atoms with E-state index in [4.69, 9.17) is 16.9 Å². The smallest absolute Gasteiger partial charge is 0.238 e. The highest BCUT2D eigenvalue weighted by Gasteiger charge is 2.17. The van der Waals surface area contributed by atoms with Crippen LogP contribution in [-0.2, 0) is 9.59 Å². The highest BCUT2D eigenvalue weighted by Crippen LogP contribution is 2.21. The summed E-state index contributed by atoms with van der Waals surface area (Å²) in [7, 11) is 1.46. The number of amides is 2. The van der Waals surface area contributed by atoms with E-state index < -0.39 is 35.0 Å². The third-order valence-electron chi connectivity index (χ3n) is 3.51. The molecule has 2 rings (SSSR count). The van der Waals surface area contributed by atoms with E-state index in [0.29, 0.717) is 11.8 Å². The van der Waals surface area contributed by atoms with Crippen LogP contribution in [-0.4, -0.2) is 36.9 Å². The van der Waals surface area contributed by atoms with Gasteiger partial charge in [-0.25, -0.2) is 13.2 Å². The Hall–Kier alpha value is -3.09. The van der Waals surface area contributed by atoms with Crippen LogP contribution < -0.4 is 10.6 Å². The molecule has 0 saturated heterocycles. The minimum Gasteiger partial charge on any atom is -0.325 e. The van der Waals surface area contributed by atoms with Crippen molar-refractivity contribution in [1.82, 2.24) is 4.90 Å². The quantitative estimate of drug-likeness (QED) is 0.716. The zero-order valence-corrected chi connectivity index (χ0v) is 15.3. The number of halogens is 4. The lowest BCUT2D eigenvalue weighted by molar-refractivity contribution is -0.119. The first-order valence-corrected chi connectivity index (χ1v) is 8.20. The van der Waals surface area contributed by atoms with E-state index in [2.05, 4.69) is 10.6 Å². The molecule has 0 radical (unpaired) electrons. The Kier molecular flexibility index (Phi) is 6.98. The lowest BCUT2D eigenvalue weighted by atomic mass is 10.2. The molecule has 0 unspecified atom stereocenters. The Morgan fingerprint density at radius 2 is 1.71 bits per heavy atom. The largest absolute Gasteiger partial charge is 0.325 e. The second kappa shape index (κ2) is 9.21. The summed E-state index contributed by atoms with van der Waals surface area (Å²) in [5.74, 6) is -5.75. The molecule has 0 aliphatic carbocycles. The van der Waals surface area contributed by atoms with E-state index >= 15 is 0 Å². The predicted octanol–water partition coefficient (Wildman–Crippen LogP) is 3.14. The molecule has 2 aromatic rings. The van der Waals surface area contributed by atoms with Crippen molar-refractivity contribution in [3.05, 3.63) is 58.4 Å². The first-order valence-electron chi connectivity index (χ1n) is 7.82. The Balaban J connectivity index is 1.89. The van der Waals surface area contributed by atoms with Gasteiger partial charge in [-0.2, -0.15) is 5.26 Å². The number of nitrogens with zero attached hydrogens (tertiary/aromatic N) is 2. The molecule has 2 amide bonds. The molecule has 6 nitrogen and oxygen atoms in total. The number of rotatable bonds is 6. The summed E-state index contributed by atoms with van der Waals surface area (Å²) in [6.07, 6.45) is 0. The minimum atomic E-state index is -1.69. The van der Waals surface area contributed by atoms with Gasteiger partial charge in [0.05, 0.1) is 29.4 Å². The van der Waals surface area contributed by atoms with E-state index in [9.17, 15) is 22.8 Å². The number of carbonyl (C=O) groups is 2. The summed E-state index contributed by atoms with van der Waals surface area (Å²) in [6, 6.07) is 7.84. The summed E-state index contributed by atoms with van der Waals surface area (Å²) in [4.78, 5) is 25.3. The molecule has 0 bridgehead atoms. The van der Waals surface area contributed by atoms with Gasteiger partial charge >= 0.3 is 0 Å². The van der Waals surface area contributed by atoms with Crippen molar-refractivity contribution < 1.29 is 22.8 Å². The first-order chi connectivity index (χ1) is 13.2. The number of nitrogens with one attached hydrogen (secondary N) is 2. The van der Waals surface area contributed by atoms with Gasteiger partial charge in [0.25, 0.3) is 0 Å². The fraction of sp³-hybridized carbons (Fsp3) is 0.167. The van der Waals surface area contributed by atoms with E-state index in [1.54, 1.807) is 0 Å². The number of hydrogen-bond donors (Lipinski definition) is 2. The van der Waals surface area contributed by atoms with Gasteiger partial charge in [0.15, 0.2) is 17.5 Å². The molecule has 0 heterocycles. The van der Waals surface area contributed by atoms with Crippen molar-refractivity contribution in [2.24, 2.45) is 0 Å². The van der Waals surface area contributed by atoms with Crippen molar-refractivity contribution >= 4 is 34.8 Å². The molecule has 28 heavy (non-hydrogen) atoms. The van der Waals surface area contributed by atoms with Crippen molar-refractivity contribution in [2.45, 2.75) is 0 Å². The number of benzene rings is 2. The molecule has 0 aliphatic heterocycles. The molecular weight excluding hydrogens is 397 g/mol. The van der Waals surface area contributed by atoms with Crippen LogP contribution in [0.3, 0.4) is 0 Å². The first kappa shape index (κ1) is 21.2. The highest BCUT2D eigenvalue weighted by molar-refractivity contribution is 6.32. The number of likely N-dealkylation sites (N-methyl/N-ethyl adjacent to an activating group) is 1. The van der Waals surface area contributed by atoms with Crippen LogP contribution in [0.25, 0.3) is 0 Å². The monoisotopic (exact) mass is 410 g/mol. The number of anilines is 2. The third kappa shape index (κ3) is 5.45. The van der Waals surface area contributed by atoms with Gasteiger partial charge in [-0.1, -0.05) is 11.6 Å². The Morgan fingerprint density at radius 3 is 2.32 bits per heavy atom. The lowest BCUT2D eigenvalue weighted by Crippen LogP contribution is -2.36. The maximum atomic E-state index is 13.6. The standard InChI is InChI=1S/C18H14ClF3N4O2/c1-26(8-15(27)24-11-3-2-10(7-23)12(19)6-11)9-16(28)25-14-5-4-13(20)17(21)18(14)22/h2-6H,8-9H2,1H3,(H,24,27)(H,25,28). The zero-order chi connectivity index (χ0) is 20.8.